The van der Waals surface area contributed by atoms with E-state index in [1.54, 1.807) is 24.3 Å². The summed E-state index contributed by atoms with van der Waals surface area (Å²) in [5, 5.41) is 14.9. The maximum atomic E-state index is 12.0. The molecule has 1 amide bonds. The van der Waals surface area contributed by atoms with Crippen LogP contribution < -0.4 is 10.1 Å². The van der Waals surface area contributed by atoms with Gasteiger partial charge < -0.3 is 10.1 Å². The van der Waals surface area contributed by atoms with Gasteiger partial charge in [-0.15, -0.1) is 10.2 Å². The second-order valence-electron chi connectivity index (χ2n) is 6.29. The number of ether oxygens (including phenoxy) is 1. The molecule has 144 valence electrons. The minimum Gasteiger partial charge on any atom is -0.492 e. The number of aryl methyl sites for hydroxylation is 1. The number of nitrogens with one attached hydrogen (secondary N) is 1. The number of benzene rings is 2. The number of aromatic nitrogens is 4. The number of hydrogen-bond acceptors (Lipinski definition) is 6. The maximum Gasteiger partial charge on any atom is 0.243 e. The molecular weight excluding hydrogens is 358 g/mol. The van der Waals surface area contributed by atoms with Gasteiger partial charge >= 0.3 is 0 Å². The van der Waals surface area contributed by atoms with E-state index < -0.39 is 0 Å². The van der Waals surface area contributed by atoms with E-state index in [2.05, 4.69) is 20.7 Å². The van der Waals surface area contributed by atoms with Crippen molar-refractivity contribution in [1.82, 2.24) is 25.5 Å². The molecule has 0 spiro atoms. The molecule has 8 nitrogen and oxygen atoms in total. The molecule has 8 heteroatoms. The number of rotatable bonds is 8. The van der Waals surface area contributed by atoms with E-state index in [0.717, 1.165) is 11.1 Å². The summed E-state index contributed by atoms with van der Waals surface area (Å²) in [5.41, 5.74) is 2.62. The third kappa shape index (κ3) is 5.23. The molecule has 2 aromatic carbocycles. The standard InChI is InChI=1S/C20H21N5O3/c1-14-3-5-17(6-4-14)20-22-24-25(23-20)13-19(27)21-11-12-28-18-9-7-16(8-10-18)15(2)26/h3-10H,11-13H2,1-2H3,(H,21,27). The van der Waals surface area contributed by atoms with Crippen LogP contribution in [0.25, 0.3) is 11.4 Å². The summed E-state index contributed by atoms with van der Waals surface area (Å²) >= 11 is 0. The van der Waals surface area contributed by atoms with Crippen LogP contribution in [0.4, 0.5) is 0 Å². The SMILES string of the molecule is CC(=O)c1ccc(OCCNC(=O)Cn2nnc(-c3ccc(C)cc3)n2)cc1. The number of hydrogen-bond donors (Lipinski definition) is 1. The smallest absolute Gasteiger partial charge is 0.243 e. The van der Waals surface area contributed by atoms with Crippen molar-refractivity contribution >= 4 is 11.7 Å². The van der Waals surface area contributed by atoms with E-state index in [9.17, 15) is 9.59 Å². The topological polar surface area (TPSA) is 99.0 Å². The Morgan fingerprint density at radius 2 is 1.79 bits per heavy atom. The first-order chi connectivity index (χ1) is 13.5. The van der Waals surface area contributed by atoms with Gasteiger partial charge in [0.2, 0.25) is 11.7 Å². The van der Waals surface area contributed by atoms with Crippen molar-refractivity contribution < 1.29 is 14.3 Å². The molecule has 1 heterocycles. The number of ketones is 1. The van der Waals surface area contributed by atoms with Crippen molar-refractivity contribution in [2.24, 2.45) is 0 Å². The predicted octanol–water partition coefficient (Wildman–Crippen LogP) is 2.05. The van der Waals surface area contributed by atoms with Gasteiger partial charge in [0, 0.05) is 11.1 Å². The molecular formula is C20H21N5O3. The molecule has 0 saturated carbocycles. The number of Topliss-reactive ketones (excluding diaryl/α,β-unsaturated/α-hetero) is 1. The Balaban J connectivity index is 1.42. The highest BCUT2D eigenvalue weighted by molar-refractivity contribution is 5.94. The predicted molar refractivity (Wildman–Crippen MR) is 103 cm³/mol. The molecule has 0 fully saturated rings. The molecule has 0 atom stereocenters. The van der Waals surface area contributed by atoms with E-state index in [-0.39, 0.29) is 18.2 Å². The van der Waals surface area contributed by atoms with Crippen LogP contribution in [0.3, 0.4) is 0 Å². The lowest BCUT2D eigenvalue weighted by Gasteiger charge is -2.07. The summed E-state index contributed by atoms with van der Waals surface area (Å²) < 4.78 is 5.54. The van der Waals surface area contributed by atoms with Crippen LogP contribution in [-0.4, -0.2) is 45.0 Å². The van der Waals surface area contributed by atoms with Crippen molar-refractivity contribution in [3.8, 4) is 17.1 Å². The van der Waals surface area contributed by atoms with Crippen LogP contribution in [0.2, 0.25) is 0 Å². The zero-order valence-electron chi connectivity index (χ0n) is 15.8. The summed E-state index contributed by atoms with van der Waals surface area (Å²) in [5.74, 6) is 0.888. The van der Waals surface area contributed by atoms with Gasteiger partial charge in [-0.3, -0.25) is 9.59 Å². The van der Waals surface area contributed by atoms with E-state index in [0.29, 0.717) is 30.3 Å². The second kappa shape index (κ2) is 8.90. The van der Waals surface area contributed by atoms with Crippen molar-refractivity contribution in [2.75, 3.05) is 13.2 Å². The molecule has 3 rings (SSSR count). The van der Waals surface area contributed by atoms with Crippen LogP contribution >= 0.6 is 0 Å². The molecule has 0 aliphatic heterocycles. The van der Waals surface area contributed by atoms with Gasteiger partial charge in [-0.1, -0.05) is 29.8 Å². The summed E-state index contributed by atoms with van der Waals surface area (Å²) in [7, 11) is 0. The highest BCUT2D eigenvalue weighted by Gasteiger charge is 2.09. The third-order valence-electron chi connectivity index (χ3n) is 4.00. The fourth-order valence-electron chi connectivity index (χ4n) is 2.46. The number of amides is 1. The number of carbonyl (C=O) groups is 2. The Kier molecular flexibility index (Phi) is 6.11. The minimum absolute atomic E-state index is 0.00562. The molecule has 1 aromatic heterocycles. The van der Waals surface area contributed by atoms with E-state index in [4.69, 9.17) is 4.74 Å². The number of nitrogens with zero attached hydrogens (tertiary/aromatic N) is 4. The average molecular weight is 379 g/mol. The summed E-state index contributed by atoms with van der Waals surface area (Å²) in [6.45, 7) is 4.14. The monoisotopic (exact) mass is 379 g/mol. The lowest BCUT2D eigenvalue weighted by Crippen LogP contribution is -2.31. The lowest BCUT2D eigenvalue weighted by molar-refractivity contribution is -0.122. The van der Waals surface area contributed by atoms with E-state index >= 15 is 0 Å². The average Bonchev–Trinajstić information content (AvgIpc) is 3.14. The Labute approximate surface area is 162 Å². The lowest BCUT2D eigenvalue weighted by atomic mass is 10.1. The molecule has 28 heavy (non-hydrogen) atoms. The van der Waals surface area contributed by atoms with E-state index in [1.165, 1.54) is 11.7 Å². The Hall–Kier alpha value is -3.55. The van der Waals surface area contributed by atoms with Crippen molar-refractivity contribution in [3.05, 3.63) is 59.7 Å². The fourth-order valence-corrected chi connectivity index (χ4v) is 2.46. The zero-order chi connectivity index (χ0) is 19.9. The third-order valence-corrected chi connectivity index (χ3v) is 4.00. The van der Waals surface area contributed by atoms with Crippen molar-refractivity contribution in [2.45, 2.75) is 20.4 Å². The van der Waals surface area contributed by atoms with Gasteiger partial charge in [-0.2, -0.15) is 4.80 Å². The summed E-state index contributed by atoms with van der Waals surface area (Å²) in [6.07, 6.45) is 0. The van der Waals surface area contributed by atoms with Crippen LogP contribution in [0.5, 0.6) is 5.75 Å². The normalized spacial score (nSPS) is 10.5. The molecule has 0 saturated heterocycles. The van der Waals surface area contributed by atoms with Gasteiger partial charge in [-0.25, -0.2) is 0 Å². The van der Waals surface area contributed by atoms with Gasteiger partial charge in [0.05, 0.1) is 6.54 Å². The van der Waals surface area contributed by atoms with E-state index in [1.807, 2.05) is 31.2 Å². The van der Waals surface area contributed by atoms with Gasteiger partial charge in [-0.05, 0) is 43.3 Å². The van der Waals surface area contributed by atoms with Gasteiger partial charge in [0.25, 0.3) is 0 Å². The highest BCUT2D eigenvalue weighted by atomic mass is 16.5. The summed E-state index contributed by atoms with van der Waals surface area (Å²) in [4.78, 5) is 24.5. The maximum absolute atomic E-state index is 12.0. The van der Waals surface area contributed by atoms with Crippen LogP contribution in [0, 0.1) is 6.92 Å². The molecule has 3 aromatic rings. The molecule has 0 radical (unpaired) electrons. The van der Waals surface area contributed by atoms with Gasteiger partial charge in [0.1, 0.15) is 18.9 Å². The molecule has 1 N–H and O–H groups in total. The second-order valence-corrected chi connectivity index (χ2v) is 6.29. The molecule has 0 aliphatic carbocycles. The minimum atomic E-state index is -0.233. The largest absolute Gasteiger partial charge is 0.492 e. The Bertz CT molecular complexity index is 949. The van der Waals surface area contributed by atoms with Crippen LogP contribution in [-0.2, 0) is 11.3 Å². The number of carbonyl (C=O) groups excluding carboxylic acids is 2. The highest BCUT2D eigenvalue weighted by Crippen LogP contribution is 2.14. The molecule has 0 bridgehead atoms. The zero-order valence-corrected chi connectivity index (χ0v) is 15.8. The Morgan fingerprint density at radius 1 is 1.07 bits per heavy atom. The number of tetrazole rings is 1. The Morgan fingerprint density at radius 3 is 2.46 bits per heavy atom. The first kappa shape index (κ1) is 19.2. The van der Waals surface area contributed by atoms with Crippen LogP contribution in [0.15, 0.2) is 48.5 Å². The first-order valence-corrected chi connectivity index (χ1v) is 8.86. The summed E-state index contributed by atoms with van der Waals surface area (Å²) in [6, 6.07) is 14.6. The van der Waals surface area contributed by atoms with Crippen LogP contribution in [0.1, 0.15) is 22.8 Å². The van der Waals surface area contributed by atoms with Crippen molar-refractivity contribution in [1.29, 1.82) is 0 Å². The molecule has 0 unspecified atom stereocenters. The first-order valence-electron chi connectivity index (χ1n) is 8.86. The molecule has 0 aliphatic rings. The quantitative estimate of drug-likeness (QED) is 0.475. The fraction of sp³-hybridized carbons (Fsp3) is 0.250. The van der Waals surface area contributed by atoms with Gasteiger partial charge in [0.15, 0.2) is 5.78 Å². The van der Waals surface area contributed by atoms with Crippen molar-refractivity contribution in [3.63, 3.8) is 0 Å².